The Morgan fingerprint density at radius 3 is 2.58 bits per heavy atom. The first-order valence-electron chi connectivity index (χ1n) is 7.74. The van der Waals surface area contributed by atoms with Crippen molar-refractivity contribution in [1.82, 2.24) is 9.97 Å². The molecule has 0 radical (unpaired) electrons. The number of rotatable bonds is 5. The molecule has 0 aliphatic heterocycles. The van der Waals surface area contributed by atoms with Gasteiger partial charge < -0.3 is 5.32 Å². The fourth-order valence-corrected chi connectivity index (χ4v) is 3.10. The van der Waals surface area contributed by atoms with E-state index in [2.05, 4.69) is 15.3 Å². The monoisotopic (exact) mass is 377 g/mol. The van der Waals surface area contributed by atoms with E-state index >= 15 is 0 Å². The van der Waals surface area contributed by atoms with Crippen molar-refractivity contribution in [3.05, 3.63) is 65.4 Å². The second kappa shape index (κ2) is 7.65. The third kappa shape index (κ3) is 4.66. The molecule has 3 rings (SSSR count). The third-order valence-electron chi connectivity index (χ3n) is 3.56. The summed E-state index contributed by atoms with van der Waals surface area (Å²) in [4.78, 5) is 20.5. The predicted molar refractivity (Wildman–Crippen MR) is 93.7 cm³/mol. The number of benzene rings is 1. The minimum absolute atomic E-state index is 0.192. The van der Waals surface area contributed by atoms with E-state index in [4.69, 9.17) is 0 Å². The first-order chi connectivity index (χ1) is 12.4. The molecule has 26 heavy (non-hydrogen) atoms. The highest BCUT2D eigenvalue weighted by molar-refractivity contribution is 7.13. The van der Waals surface area contributed by atoms with Crippen LogP contribution in [0.4, 0.5) is 18.9 Å². The average Bonchev–Trinajstić information content (AvgIpc) is 3.09. The molecular weight excluding hydrogens is 363 g/mol. The topological polar surface area (TPSA) is 54.9 Å². The largest absolute Gasteiger partial charge is 0.416 e. The number of nitrogens with one attached hydrogen (secondary N) is 1. The summed E-state index contributed by atoms with van der Waals surface area (Å²) in [7, 11) is 0. The molecular formula is C18H14F3N3OS. The zero-order valence-corrected chi connectivity index (χ0v) is 14.3. The number of carbonyl (C=O) groups is 1. The van der Waals surface area contributed by atoms with Gasteiger partial charge in [-0.2, -0.15) is 13.2 Å². The molecule has 0 saturated heterocycles. The Labute approximate surface area is 151 Å². The van der Waals surface area contributed by atoms with Gasteiger partial charge in [-0.3, -0.25) is 9.78 Å². The summed E-state index contributed by atoms with van der Waals surface area (Å²) in [6.07, 6.45) is -0.344. The maximum Gasteiger partial charge on any atom is 0.416 e. The van der Waals surface area contributed by atoms with Gasteiger partial charge in [-0.25, -0.2) is 4.98 Å². The van der Waals surface area contributed by atoms with E-state index in [1.807, 2.05) is 17.5 Å². The van der Waals surface area contributed by atoms with Crippen LogP contribution in [0.1, 0.15) is 17.7 Å². The lowest BCUT2D eigenvalue weighted by Crippen LogP contribution is -2.13. The summed E-state index contributed by atoms with van der Waals surface area (Å²) in [6.45, 7) is 0. The van der Waals surface area contributed by atoms with Crippen LogP contribution in [-0.4, -0.2) is 15.9 Å². The van der Waals surface area contributed by atoms with Crippen LogP contribution in [0.3, 0.4) is 0 Å². The van der Waals surface area contributed by atoms with Gasteiger partial charge in [0.15, 0.2) is 0 Å². The molecule has 3 aromatic rings. The van der Waals surface area contributed by atoms with Crippen molar-refractivity contribution in [3.63, 3.8) is 0 Å². The number of hydrogen-bond donors (Lipinski definition) is 1. The summed E-state index contributed by atoms with van der Waals surface area (Å²) in [5, 5.41) is 5.30. The summed E-state index contributed by atoms with van der Waals surface area (Å²) < 4.78 is 37.6. The molecule has 0 atom stereocenters. The quantitative estimate of drug-likeness (QED) is 0.695. The van der Waals surface area contributed by atoms with Crippen LogP contribution in [-0.2, 0) is 17.4 Å². The molecule has 8 heteroatoms. The SMILES string of the molecule is O=C(CCc1csc(-c2cccnc2)n1)Nc1ccc(C(F)(F)F)cc1. The van der Waals surface area contributed by atoms with Crippen LogP contribution in [0.5, 0.6) is 0 Å². The minimum atomic E-state index is -4.39. The molecule has 0 aliphatic carbocycles. The second-order valence-corrected chi connectivity index (χ2v) is 6.37. The molecule has 1 N–H and O–H groups in total. The molecule has 0 fully saturated rings. The Bertz CT molecular complexity index is 877. The van der Waals surface area contributed by atoms with Gasteiger partial charge in [0.1, 0.15) is 5.01 Å². The van der Waals surface area contributed by atoms with E-state index < -0.39 is 11.7 Å². The number of amides is 1. The van der Waals surface area contributed by atoms with Crippen molar-refractivity contribution in [2.75, 3.05) is 5.32 Å². The van der Waals surface area contributed by atoms with Crippen molar-refractivity contribution in [3.8, 4) is 10.6 Å². The standard InChI is InChI=1S/C18H14F3N3OS/c19-18(20,21)13-3-5-14(6-4-13)23-16(25)8-7-15-11-26-17(24-15)12-2-1-9-22-10-12/h1-6,9-11H,7-8H2,(H,23,25). The van der Waals surface area contributed by atoms with Gasteiger partial charge >= 0.3 is 6.18 Å². The molecule has 0 aliphatic rings. The Hall–Kier alpha value is -2.74. The van der Waals surface area contributed by atoms with E-state index in [1.54, 1.807) is 12.4 Å². The predicted octanol–water partition coefficient (Wildman–Crippen LogP) is 4.80. The lowest BCUT2D eigenvalue weighted by molar-refractivity contribution is -0.137. The van der Waals surface area contributed by atoms with Crippen molar-refractivity contribution in [1.29, 1.82) is 0 Å². The summed E-state index contributed by atoms with van der Waals surface area (Å²) in [6, 6.07) is 8.10. The maximum atomic E-state index is 12.5. The van der Waals surface area contributed by atoms with Gasteiger partial charge in [0.25, 0.3) is 0 Å². The van der Waals surface area contributed by atoms with E-state index in [1.165, 1.54) is 23.5 Å². The van der Waals surface area contributed by atoms with Crippen LogP contribution >= 0.6 is 11.3 Å². The summed E-state index contributed by atoms with van der Waals surface area (Å²) in [5.74, 6) is -0.277. The lowest BCUT2D eigenvalue weighted by Gasteiger charge is -2.08. The number of alkyl halides is 3. The molecule has 134 valence electrons. The fraction of sp³-hybridized carbons (Fsp3) is 0.167. The lowest BCUT2D eigenvalue weighted by atomic mass is 10.2. The molecule has 1 aromatic carbocycles. The number of anilines is 1. The van der Waals surface area contributed by atoms with Gasteiger partial charge in [-0.1, -0.05) is 0 Å². The van der Waals surface area contributed by atoms with Crippen molar-refractivity contribution >= 4 is 22.9 Å². The number of nitrogens with zero attached hydrogens (tertiary/aromatic N) is 2. The maximum absolute atomic E-state index is 12.5. The van der Waals surface area contributed by atoms with Crippen LogP contribution < -0.4 is 5.32 Å². The normalized spacial score (nSPS) is 11.3. The van der Waals surface area contributed by atoms with Gasteiger partial charge in [0.05, 0.1) is 11.3 Å². The Balaban J connectivity index is 1.54. The summed E-state index contributed by atoms with van der Waals surface area (Å²) >= 11 is 1.47. The molecule has 0 saturated carbocycles. The van der Waals surface area contributed by atoms with Crippen molar-refractivity contribution < 1.29 is 18.0 Å². The highest BCUT2D eigenvalue weighted by Crippen LogP contribution is 2.30. The van der Waals surface area contributed by atoms with Gasteiger partial charge in [0.2, 0.25) is 5.91 Å². The van der Waals surface area contributed by atoms with Gasteiger partial charge in [-0.05, 0) is 42.8 Å². The molecule has 2 heterocycles. The number of thiazole rings is 1. The Morgan fingerprint density at radius 2 is 1.92 bits per heavy atom. The Kier molecular flexibility index (Phi) is 5.32. The first-order valence-corrected chi connectivity index (χ1v) is 8.62. The smallest absolute Gasteiger partial charge is 0.326 e. The molecule has 0 unspecified atom stereocenters. The summed E-state index contributed by atoms with van der Waals surface area (Å²) in [5.41, 5.74) is 1.28. The highest BCUT2D eigenvalue weighted by Gasteiger charge is 2.29. The highest BCUT2D eigenvalue weighted by atomic mass is 32.1. The third-order valence-corrected chi connectivity index (χ3v) is 4.50. The molecule has 0 bridgehead atoms. The molecule has 2 aromatic heterocycles. The van der Waals surface area contributed by atoms with Crippen LogP contribution in [0, 0.1) is 0 Å². The average molecular weight is 377 g/mol. The number of aryl methyl sites for hydroxylation is 1. The first kappa shape index (κ1) is 18.1. The number of hydrogen-bond acceptors (Lipinski definition) is 4. The van der Waals surface area contributed by atoms with Crippen LogP contribution in [0.25, 0.3) is 10.6 Å². The number of aromatic nitrogens is 2. The van der Waals surface area contributed by atoms with Crippen LogP contribution in [0.15, 0.2) is 54.2 Å². The zero-order chi connectivity index (χ0) is 18.6. The Morgan fingerprint density at radius 1 is 1.15 bits per heavy atom. The van der Waals surface area contributed by atoms with Crippen LogP contribution in [0.2, 0.25) is 0 Å². The van der Waals surface area contributed by atoms with Crippen molar-refractivity contribution in [2.45, 2.75) is 19.0 Å². The van der Waals surface area contributed by atoms with Crippen molar-refractivity contribution in [2.24, 2.45) is 0 Å². The molecule has 4 nitrogen and oxygen atoms in total. The zero-order valence-electron chi connectivity index (χ0n) is 13.5. The molecule has 1 amide bonds. The number of pyridine rings is 1. The van der Waals surface area contributed by atoms with E-state index in [-0.39, 0.29) is 12.3 Å². The number of carbonyl (C=O) groups excluding carboxylic acids is 1. The minimum Gasteiger partial charge on any atom is -0.326 e. The molecule has 0 spiro atoms. The van der Waals surface area contributed by atoms with Gasteiger partial charge in [0, 0.05) is 35.4 Å². The fourth-order valence-electron chi connectivity index (χ4n) is 2.25. The van der Waals surface area contributed by atoms with Gasteiger partial charge in [-0.15, -0.1) is 11.3 Å². The van der Waals surface area contributed by atoms with E-state index in [9.17, 15) is 18.0 Å². The number of halogens is 3. The second-order valence-electron chi connectivity index (χ2n) is 5.51. The van der Waals surface area contributed by atoms with E-state index in [0.29, 0.717) is 12.1 Å². The van der Waals surface area contributed by atoms with E-state index in [0.717, 1.165) is 28.4 Å².